The summed E-state index contributed by atoms with van der Waals surface area (Å²) in [6.45, 7) is 8.17. The van der Waals surface area contributed by atoms with Crippen LogP contribution in [0.1, 0.15) is 33.4 Å². The number of aromatic nitrogens is 2. The Morgan fingerprint density at radius 2 is 1.82 bits per heavy atom. The molecule has 0 amide bonds. The molecule has 17 heavy (non-hydrogen) atoms. The van der Waals surface area contributed by atoms with E-state index in [0.29, 0.717) is 0 Å². The maximum absolute atomic E-state index is 5.85. The van der Waals surface area contributed by atoms with Crippen LogP contribution in [0.25, 0.3) is 6.08 Å². The van der Waals surface area contributed by atoms with Gasteiger partial charge < -0.3 is 9.31 Å². The Morgan fingerprint density at radius 1 is 1.24 bits per heavy atom. The third-order valence-corrected chi connectivity index (χ3v) is 3.43. The van der Waals surface area contributed by atoms with Crippen LogP contribution in [0.2, 0.25) is 0 Å². The number of hydrogen-bond acceptors (Lipinski definition) is 3. The van der Waals surface area contributed by atoms with Crippen LogP contribution in [-0.4, -0.2) is 28.1 Å². The molecule has 0 unspecified atom stereocenters. The predicted molar refractivity (Wildman–Crippen MR) is 68.3 cm³/mol. The van der Waals surface area contributed by atoms with Gasteiger partial charge in [0.25, 0.3) is 0 Å². The smallest absolute Gasteiger partial charge is 0.400 e. The van der Waals surface area contributed by atoms with Gasteiger partial charge in [-0.3, -0.25) is 4.68 Å². The molecule has 0 aromatic carbocycles. The first-order chi connectivity index (χ1) is 7.80. The standard InChI is InChI=1S/C12H19BN2O2/c1-11(2)12(3,4)17-13(16-11)8-6-10-7-9-15(5)14-10/h6-9H,1-5H3/b8-6+. The summed E-state index contributed by atoms with van der Waals surface area (Å²) >= 11 is 0. The van der Waals surface area contributed by atoms with Crippen molar-refractivity contribution in [3.05, 3.63) is 23.9 Å². The molecule has 1 fully saturated rings. The third kappa shape index (κ3) is 2.45. The second kappa shape index (κ2) is 4.00. The van der Waals surface area contributed by atoms with Crippen LogP contribution in [0.5, 0.6) is 0 Å². The second-order valence-electron chi connectivity index (χ2n) is 5.40. The topological polar surface area (TPSA) is 36.3 Å². The summed E-state index contributed by atoms with van der Waals surface area (Å²) in [5.41, 5.74) is 0.334. The van der Waals surface area contributed by atoms with E-state index in [2.05, 4.69) is 5.10 Å². The predicted octanol–water partition coefficient (Wildman–Crippen LogP) is 2.06. The first kappa shape index (κ1) is 12.4. The highest BCUT2D eigenvalue weighted by Crippen LogP contribution is 2.36. The van der Waals surface area contributed by atoms with Crippen molar-refractivity contribution in [3.63, 3.8) is 0 Å². The number of nitrogens with zero attached hydrogens (tertiary/aromatic N) is 2. The van der Waals surface area contributed by atoms with Crippen LogP contribution in [0.4, 0.5) is 0 Å². The van der Waals surface area contributed by atoms with Crippen molar-refractivity contribution in [1.29, 1.82) is 0 Å². The van der Waals surface area contributed by atoms with Gasteiger partial charge in [0.2, 0.25) is 0 Å². The third-order valence-electron chi connectivity index (χ3n) is 3.43. The summed E-state index contributed by atoms with van der Waals surface area (Å²) in [5.74, 6) is 1.90. The molecule has 2 rings (SSSR count). The minimum Gasteiger partial charge on any atom is -0.400 e. The van der Waals surface area contributed by atoms with Crippen molar-refractivity contribution in [2.45, 2.75) is 38.9 Å². The summed E-state index contributed by atoms with van der Waals surface area (Å²) < 4.78 is 13.5. The van der Waals surface area contributed by atoms with Gasteiger partial charge in [0, 0.05) is 13.2 Å². The molecule has 0 bridgehead atoms. The molecule has 0 spiro atoms. The molecule has 0 saturated carbocycles. The average Bonchev–Trinajstić information content (AvgIpc) is 2.67. The molecule has 0 radical (unpaired) electrons. The van der Waals surface area contributed by atoms with Crippen LogP contribution in [0, 0.1) is 0 Å². The van der Waals surface area contributed by atoms with Crippen LogP contribution in [0.3, 0.4) is 0 Å². The van der Waals surface area contributed by atoms with Gasteiger partial charge in [-0.05, 0) is 39.8 Å². The number of hydrogen-bond donors (Lipinski definition) is 0. The molecule has 1 aliphatic heterocycles. The van der Waals surface area contributed by atoms with E-state index in [1.165, 1.54) is 0 Å². The quantitative estimate of drug-likeness (QED) is 0.735. The minimum atomic E-state index is -0.304. The molecule has 1 aliphatic rings. The van der Waals surface area contributed by atoms with Gasteiger partial charge >= 0.3 is 7.12 Å². The summed E-state index contributed by atoms with van der Waals surface area (Å²) in [4.78, 5) is 0. The van der Waals surface area contributed by atoms with Gasteiger partial charge in [0.15, 0.2) is 0 Å². The van der Waals surface area contributed by atoms with Gasteiger partial charge in [-0.2, -0.15) is 5.10 Å². The lowest BCUT2D eigenvalue weighted by Crippen LogP contribution is -2.41. The second-order valence-corrected chi connectivity index (χ2v) is 5.40. The zero-order valence-corrected chi connectivity index (χ0v) is 11.1. The Labute approximate surface area is 103 Å². The van der Waals surface area contributed by atoms with Crippen LogP contribution < -0.4 is 0 Å². The maximum Gasteiger partial charge on any atom is 0.487 e. The van der Waals surface area contributed by atoms with Gasteiger partial charge in [-0.15, -0.1) is 0 Å². The summed E-state index contributed by atoms with van der Waals surface area (Å²) in [6.07, 6.45) is 3.83. The SMILES string of the molecule is Cn1ccc(/C=C/B2OC(C)(C)C(C)(C)O2)n1. The average molecular weight is 234 g/mol. The zero-order chi connectivity index (χ0) is 12.7. The summed E-state index contributed by atoms with van der Waals surface area (Å²) in [6, 6.07) is 1.95. The molecule has 0 N–H and O–H groups in total. The van der Waals surface area contributed by atoms with Gasteiger partial charge in [-0.25, -0.2) is 0 Å². The highest BCUT2D eigenvalue weighted by Gasteiger charge is 2.49. The molecule has 1 aromatic heterocycles. The lowest BCUT2D eigenvalue weighted by molar-refractivity contribution is 0.00578. The fourth-order valence-corrected chi connectivity index (χ4v) is 1.67. The van der Waals surface area contributed by atoms with Gasteiger partial charge in [0.05, 0.1) is 16.9 Å². The molecule has 1 saturated heterocycles. The first-order valence-electron chi connectivity index (χ1n) is 5.84. The van der Waals surface area contributed by atoms with Gasteiger partial charge in [0.1, 0.15) is 0 Å². The normalized spacial score (nSPS) is 22.5. The van der Waals surface area contributed by atoms with Gasteiger partial charge in [-0.1, -0.05) is 5.98 Å². The zero-order valence-electron chi connectivity index (χ0n) is 11.1. The van der Waals surface area contributed by atoms with E-state index < -0.39 is 0 Å². The molecular weight excluding hydrogens is 215 g/mol. The van der Waals surface area contributed by atoms with E-state index in [1.807, 2.05) is 59.1 Å². The monoisotopic (exact) mass is 234 g/mol. The molecule has 2 heterocycles. The van der Waals surface area contributed by atoms with Crippen LogP contribution in [-0.2, 0) is 16.4 Å². The van der Waals surface area contributed by atoms with E-state index in [1.54, 1.807) is 4.68 Å². The largest absolute Gasteiger partial charge is 0.487 e. The molecule has 0 aliphatic carbocycles. The van der Waals surface area contributed by atoms with Crippen molar-refractivity contribution >= 4 is 13.2 Å². The van der Waals surface area contributed by atoms with Crippen molar-refractivity contribution in [3.8, 4) is 0 Å². The van der Waals surface area contributed by atoms with Crippen molar-refractivity contribution in [2.75, 3.05) is 0 Å². The maximum atomic E-state index is 5.85. The minimum absolute atomic E-state index is 0.286. The Morgan fingerprint density at radius 3 is 2.29 bits per heavy atom. The lowest BCUT2D eigenvalue weighted by atomic mass is 9.90. The number of rotatable bonds is 2. The van der Waals surface area contributed by atoms with Crippen molar-refractivity contribution < 1.29 is 9.31 Å². The Balaban J connectivity index is 2.05. The van der Waals surface area contributed by atoms with E-state index in [-0.39, 0.29) is 18.3 Å². The van der Waals surface area contributed by atoms with Crippen LogP contribution in [0.15, 0.2) is 18.2 Å². The Bertz CT molecular complexity index is 421. The number of aryl methyl sites for hydroxylation is 1. The van der Waals surface area contributed by atoms with Crippen molar-refractivity contribution in [2.24, 2.45) is 7.05 Å². The first-order valence-corrected chi connectivity index (χ1v) is 5.84. The highest BCUT2D eigenvalue weighted by molar-refractivity contribution is 6.52. The van der Waals surface area contributed by atoms with E-state index >= 15 is 0 Å². The van der Waals surface area contributed by atoms with E-state index in [4.69, 9.17) is 9.31 Å². The highest BCUT2D eigenvalue weighted by atomic mass is 16.7. The Hall–Kier alpha value is -1.07. The summed E-state index contributed by atoms with van der Waals surface area (Å²) in [7, 11) is 1.59. The Kier molecular flexibility index (Phi) is 2.91. The lowest BCUT2D eigenvalue weighted by Gasteiger charge is -2.32. The fraction of sp³-hybridized carbons (Fsp3) is 0.583. The van der Waals surface area contributed by atoms with Crippen LogP contribution >= 0.6 is 0 Å². The molecular formula is C12H19BN2O2. The fourth-order valence-electron chi connectivity index (χ4n) is 1.67. The van der Waals surface area contributed by atoms with E-state index in [9.17, 15) is 0 Å². The molecule has 4 nitrogen and oxygen atoms in total. The summed E-state index contributed by atoms with van der Waals surface area (Å²) in [5, 5.41) is 4.26. The van der Waals surface area contributed by atoms with Crippen molar-refractivity contribution in [1.82, 2.24) is 9.78 Å². The van der Waals surface area contributed by atoms with E-state index in [0.717, 1.165) is 5.69 Å². The molecule has 5 heteroatoms. The molecule has 0 atom stereocenters. The molecule has 1 aromatic rings. The molecule has 92 valence electrons.